The van der Waals surface area contributed by atoms with Crippen molar-refractivity contribution < 1.29 is 27.5 Å². The average Bonchev–Trinajstić information content (AvgIpc) is 2.84. The predicted molar refractivity (Wildman–Crippen MR) is 139 cm³/mol. The maximum absolute atomic E-state index is 13.6. The molecular weight excluding hydrogens is 506 g/mol. The van der Waals surface area contributed by atoms with E-state index in [1.54, 1.807) is 43.3 Å². The van der Waals surface area contributed by atoms with Crippen LogP contribution in [0.25, 0.3) is 0 Å². The van der Waals surface area contributed by atoms with Gasteiger partial charge in [0.2, 0.25) is 21.8 Å². The third-order valence-corrected chi connectivity index (χ3v) is 7.28. The van der Waals surface area contributed by atoms with Gasteiger partial charge >= 0.3 is 0 Å². The predicted octanol–water partition coefficient (Wildman–Crippen LogP) is 3.21. The van der Waals surface area contributed by atoms with Crippen LogP contribution in [0.3, 0.4) is 0 Å². The Morgan fingerprint density at radius 1 is 1.08 bits per heavy atom. The Balaban J connectivity index is 1.91. The average molecular weight is 538 g/mol. The van der Waals surface area contributed by atoms with Crippen molar-refractivity contribution in [2.24, 2.45) is 0 Å². The maximum atomic E-state index is 13.6. The minimum Gasteiger partial charge on any atom is -0.486 e. The summed E-state index contributed by atoms with van der Waals surface area (Å²) in [6.45, 7) is 5.76. The van der Waals surface area contributed by atoms with E-state index < -0.39 is 28.5 Å². The highest BCUT2D eigenvalue weighted by molar-refractivity contribution is 7.92. The lowest BCUT2D eigenvalue weighted by molar-refractivity contribution is -0.139. The van der Waals surface area contributed by atoms with E-state index in [0.29, 0.717) is 35.3 Å². The molecule has 1 aliphatic rings. The summed E-state index contributed by atoms with van der Waals surface area (Å²) in [6.07, 6.45) is 1.75. The van der Waals surface area contributed by atoms with Gasteiger partial charge in [0.15, 0.2) is 11.5 Å². The second-order valence-electron chi connectivity index (χ2n) is 8.74. The quantitative estimate of drug-likeness (QED) is 0.499. The molecular formula is C25H32ClN3O6S. The molecule has 0 spiro atoms. The first kappa shape index (κ1) is 27.6. The minimum absolute atomic E-state index is 0.0756. The zero-order valence-corrected chi connectivity index (χ0v) is 22.4. The van der Waals surface area contributed by atoms with Gasteiger partial charge in [-0.3, -0.25) is 13.9 Å². The van der Waals surface area contributed by atoms with E-state index >= 15 is 0 Å². The molecule has 196 valence electrons. The number of sulfonamides is 1. The van der Waals surface area contributed by atoms with Crippen LogP contribution in [0.15, 0.2) is 42.5 Å². The summed E-state index contributed by atoms with van der Waals surface area (Å²) in [7, 11) is -3.85. The van der Waals surface area contributed by atoms with Crippen molar-refractivity contribution in [1.29, 1.82) is 0 Å². The number of fused-ring (bicyclic) bond motifs is 1. The third-order valence-electron chi connectivity index (χ3n) is 5.90. The van der Waals surface area contributed by atoms with E-state index in [2.05, 4.69) is 5.32 Å². The van der Waals surface area contributed by atoms with Crippen LogP contribution in [0.2, 0.25) is 5.02 Å². The summed E-state index contributed by atoms with van der Waals surface area (Å²) >= 11 is 6.13. The Morgan fingerprint density at radius 2 is 1.78 bits per heavy atom. The Labute approximate surface area is 217 Å². The molecule has 2 aromatic rings. The van der Waals surface area contributed by atoms with E-state index in [1.165, 1.54) is 11.0 Å². The topological polar surface area (TPSA) is 105 Å². The van der Waals surface area contributed by atoms with Crippen LogP contribution >= 0.6 is 11.6 Å². The van der Waals surface area contributed by atoms with E-state index in [-0.39, 0.29) is 24.2 Å². The smallest absolute Gasteiger partial charge is 0.244 e. The zero-order valence-electron chi connectivity index (χ0n) is 20.9. The molecule has 1 aliphatic heterocycles. The van der Waals surface area contributed by atoms with Crippen LogP contribution < -0.4 is 19.1 Å². The molecule has 9 nitrogen and oxygen atoms in total. The fourth-order valence-corrected chi connectivity index (χ4v) is 4.74. The number of anilines is 1. The van der Waals surface area contributed by atoms with Crippen LogP contribution in [0, 0.1) is 0 Å². The van der Waals surface area contributed by atoms with Crippen LogP contribution in [0.1, 0.15) is 32.8 Å². The number of hydrogen-bond acceptors (Lipinski definition) is 6. The number of carbonyl (C=O) groups is 2. The molecule has 0 unspecified atom stereocenters. The highest BCUT2D eigenvalue weighted by Gasteiger charge is 2.31. The molecule has 36 heavy (non-hydrogen) atoms. The molecule has 1 heterocycles. The first-order valence-corrected chi connectivity index (χ1v) is 13.9. The summed E-state index contributed by atoms with van der Waals surface area (Å²) in [6, 6.07) is 10.7. The first-order valence-electron chi connectivity index (χ1n) is 11.7. The van der Waals surface area contributed by atoms with E-state index in [9.17, 15) is 18.0 Å². The minimum atomic E-state index is -3.85. The van der Waals surface area contributed by atoms with Gasteiger partial charge in [0.25, 0.3) is 0 Å². The standard InChI is InChI=1S/C25H32ClN3O6S/c1-5-17(2)27-25(31)18(3)28(15-19-7-6-8-20(26)13-19)24(30)16-29(36(4,32)33)21-9-10-22-23(14-21)35-12-11-34-22/h6-10,13-14,17-18H,5,11-12,15-16H2,1-4H3,(H,27,31)/t17-,18-/m1/s1. The summed E-state index contributed by atoms with van der Waals surface area (Å²) in [5.41, 5.74) is 0.971. The molecule has 0 bridgehead atoms. The molecule has 2 atom stereocenters. The molecule has 2 amide bonds. The Morgan fingerprint density at radius 3 is 2.42 bits per heavy atom. The molecule has 11 heteroatoms. The molecule has 0 saturated carbocycles. The molecule has 3 rings (SSSR count). The number of halogens is 1. The summed E-state index contributed by atoms with van der Waals surface area (Å²) in [5.74, 6) is 0.0340. The highest BCUT2D eigenvalue weighted by Crippen LogP contribution is 2.34. The number of hydrogen-bond donors (Lipinski definition) is 1. The molecule has 2 aromatic carbocycles. The van der Waals surface area contributed by atoms with E-state index in [4.69, 9.17) is 21.1 Å². The van der Waals surface area contributed by atoms with Gasteiger partial charge in [0.1, 0.15) is 25.8 Å². The zero-order chi connectivity index (χ0) is 26.5. The largest absolute Gasteiger partial charge is 0.486 e. The monoisotopic (exact) mass is 537 g/mol. The number of carbonyl (C=O) groups excluding carboxylic acids is 2. The second-order valence-corrected chi connectivity index (χ2v) is 11.1. The van der Waals surface area contributed by atoms with Crippen molar-refractivity contribution in [2.45, 2.75) is 45.8 Å². The van der Waals surface area contributed by atoms with Crippen molar-refractivity contribution in [3.05, 3.63) is 53.1 Å². The normalized spacial score (nSPS) is 14.5. The summed E-state index contributed by atoms with van der Waals surface area (Å²) in [4.78, 5) is 27.9. The highest BCUT2D eigenvalue weighted by atomic mass is 35.5. The van der Waals surface area contributed by atoms with Crippen molar-refractivity contribution in [3.63, 3.8) is 0 Å². The summed E-state index contributed by atoms with van der Waals surface area (Å²) in [5, 5.41) is 3.38. The maximum Gasteiger partial charge on any atom is 0.244 e. The van der Waals surface area contributed by atoms with E-state index in [0.717, 1.165) is 17.0 Å². The van der Waals surface area contributed by atoms with Crippen molar-refractivity contribution in [3.8, 4) is 11.5 Å². The number of ether oxygens (including phenoxy) is 2. The van der Waals surface area contributed by atoms with Crippen molar-refractivity contribution in [1.82, 2.24) is 10.2 Å². The van der Waals surface area contributed by atoms with Gasteiger partial charge in [0.05, 0.1) is 11.9 Å². The van der Waals surface area contributed by atoms with Gasteiger partial charge in [0, 0.05) is 23.7 Å². The number of nitrogens with one attached hydrogen (secondary N) is 1. The van der Waals surface area contributed by atoms with Gasteiger partial charge in [-0.1, -0.05) is 30.7 Å². The number of rotatable bonds is 10. The second kappa shape index (κ2) is 11.8. The van der Waals surface area contributed by atoms with Crippen LogP contribution in [-0.2, 0) is 26.2 Å². The lowest BCUT2D eigenvalue weighted by atomic mass is 10.1. The van der Waals surface area contributed by atoms with Crippen molar-refractivity contribution in [2.75, 3.05) is 30.3 Å². The molecule has 1 N–H and O–H groups in total. The van der Waals surface area contributed by atoms with Gasteiger partial charge < -0.3 is 19.7 Å². The molecule has 0 aliphatic carbocycles. The lowest BCUT2D eigenvalue weighted by Crippen LogP contribution is -2.52. The van der Waals surface area contributed by atoms with Gasteiger partial charge in [-0.25, -0.2) is 8.42 Å². The third kappa shape index (κ3) is 7.04. The van der Waals surface area contributed by atoms with E-state index in [1.807, 2.05) is 13.8 Å². The fourth-order valence-electron chi connectivity index (χ4n) is 3.68. The SMILES string of the molecule is CC[C@@H](C)NC(=O)[C@@H](C)N(Cc1cccc(Cl)c1)C(=O)CN(c1ccc2c(c1)OCCO2)S(C)(=O)=O. The number of amides is 2. The van der Waals surface area contributed by atoms with Gasteiger partial charge in [-0.2, -0.15) is 0 Å². The van der Waals surface area contributed by atoms with Gasteiger partial charge in [-0.05, 0) is 50.1 Å². The molecule has 0 fully saturated rings. The fraction of sp³-hybridized carbons (Fsp3) is 0.440. The van der Waals surface area contributed by atoms with Crippen LogP contribution in [-0.4, -0.2) is 63.2 Å². The van der Waals surface area contributed by atoms with Crippen molar-refractivity contribution >= 4 is 39.1 Å². The molecule has 0 saturated heterocycles. The van der Waals surface area contributed by atoms with Crippen LogP contribution in [0.5, 0.6) is 11.5 Å². The molecule has 0 aromatic heterocycles. The number of benzene rings is 2. The first-order chi connectivity index (χ1) is 17.0. The van der Waals surface area contributed by atoms with Crippen LogP contribution in [0.4, 0.5) is 5.69 Å². The lowest BCUT2D eigenvalue weighted by Gasteiger charge is -2.32. The Kier molecular flexibility index (Phi) is 9.08. The molecule has 0 radical (unpaired) electrons. The Hall–Kier alpha value is -2.98. The number of nitrogens with zero attached hydrogens (tertiary/aromatic N) is 2. The van der Waals surface area contributed by atoms with Gasteiger partial charge in [-0.15, -0.1) is 0 Å². The Bertz CT molecular complexity index is 1210. The summed E-state index contributed by atoms with van der Waals surface area (Å²) < 4.78 is 37.6.